The van der Waals surface area contributed by atoms with E-state index in [1.807, 2.05) is 12.1 Å². The number of nitrogens with two attached hydrogens (primary N) is 1. The standard InChI is InChI=1S/C35H47FN4O2/c1-2-38-33(21-31(37)14-13-25-7-4-3-5-8-25)27-15-17-39(18-16-27)22-29-23-40(34(35(41)42)19-26-11-12-26)24-32(29)28-9-6-10-30(36)20-28/h3-10,20-21,26-27,29,32,34H,2,11-19,22-24,37H2,1H3,(H,41,42)/t29-,32+,34+/m0/s1. The third-order valence-corrected chi connectivity index (χ3v) is 9.44. The number of likely N-dealkylation sites (tertiary alicyclic amines) is 2. The maximum atomic E-state index is 14.2. The molecule has 3 aliphatic rings. The fraction of sp³-hybridized carbons (Fsp3) is 0.543. The lowest BCUT2D eigenvalue weighted by molar-refractivity contribution is -0.143. The van der Waals surface area contributed by atoms with Crippen molar-refractivity contribution in [3.63, 3.8) is 0 Å². The third kappa shape index (κ3) is 8.29. The lowest BCUT2D eigenvalue weighted by Gasteiger charge is -2.35. The van der Waals surface area contributed by atoms with Crippen LogP contribution in [-0.4, -0.2) is 71.9 Å². The highest BCUT2D eigenvalue weighted by molar-refractivity contribution is 5.97. The first-order valence-electron chi connectivity index (χ1n) is 15.9. The van der Waals surface area contributed by atoms with Crippen LogP contribution in [0.2, 0.25) is 0 Å². The van der Waals surface area contributed by atoms with Gasteiger partial charge in [-0.3, -0.25) is 14.7 Å². The predicted molar refractivity (Wildman–Crippen MR) is 167 cm³/mol. The Bertz CT molecular complexity index is 1240. The molecule has 2 aromatic carbocycles. The molecule has 6 nitrogen and oxygen atoms in total. The molecule has 0 bridgehead atoms. The van der Waals surface area contributed by atoms with Crippen molar-refractivity contribution in [1.29, 1.82) is 0 Å². The highest BCUT2D eigenvalue weighted by Gasteiger charge is 2.42. The van der Waals surface area contributed by atoms with Gasteiger partial charge in [0.25, 0.3) is 0 Å². The molecule has 3 fully saturated rings. The highest BCUT2D eigenvalue weighted by atomic mass is 19.1. The monoisotopic (exact) mass is 574 g/mol. The van der Waals surface area contributed by atoms with E-state index in [1.165, 1.54) is 11.6 Å². The maximum Gasteiger partial charge on any atom is 0.320 e. The van der Waals surface area contributed by atoms with Crippen LogP contribution in [0.5, 0.6) is 0 Å². The number of aryl methyl sites for hydroxylation is 1. The quantitative estimate of drug-likeness (QED) is 0.298. The van der Waals surface area contributed by atoms with Gasteiger partial charge in [-0.05, 0) is 93.3 Å². The summed E-state index contributed by atoms with van der Waals surface area (Å²) >= 11 is 0. The van der Waals surface area contributed by atoms with Crippen molar-refractivity contribution in [3.05, 3.63) is 83.3 Å². The lowest BCUT2D eigenvalue weighted by atomic mass is 9.86. The van der Waals surface area contributed by atoms with E-state index in [2.05, 4.69) is 47.1 Å². The molecule has 0 radical (unpaired) electrons. The number of carboxylic acids is 1. The zero-order valence-corrected chi connectivity index (χ0v) is 25.0. The second kappa shape index (κ2) is 14.4. The maximum absolute atomic E-state index is 14.2. The van der Waals surface area contributed by atoms with Crippen molar-refractivity contribution < 1.29 is 14.3 Å². The topological polar surface area (TPSA) is 82.2 Å². The second-order valence-corrected chi connectivity index (χ2v) is 12.6. The van der Waals surface area contributed by atoms with Gasteiger partial charge in [0.05, 0.1) is 0 Å². The Hall–Kier alpha value is -3.03. The normalized spacial score (nSPS) is 23.8. The van der Waals surface area contributed by atoms with Crippen molar-refractivity contribution >= 4 is 11.7 Å². The van der Waals surface area contributed by atoms with Crippen LogP contribution in [0.3, 0.4) is 0 Å². The van der Waals surface area contributed by atoms with Crippen LogP contribution in [0.1, 0.15) is 62.5 Å². The number of halogens is 1. The zero-order valence-electron chi connectivity index (χ0n) is 25.0. The number of aliphatic carboxylic acids is 1. The van der Waals surface area contributed by atoms with Crippen LogP contribution in [0.25, 0.3) is 0 Å². The summed E-state index contributed by atoms with van der Waals surface area (Å²) in [5, 5.41) is 10.1. The number of allylic oxidation sites excluding steroid dienone is 2. The lowest BCUT2D eigenvalue weighted by Crippen LogP contribution is -2.42. The molecule has 7 heteroatoms. The average molecular weight is 575 g/mol. The van der Waals surface area contributed by atoms with E-state index >= 15 is 0 Å². The molecule has 1 aliphatic carbocycles. The van der Waals surface area contributed by atoms with Gasteiger partial charge in [0.1, 0.15) is 11.9 Å². The summed E-state index contributed by atoms with van der Waals surface area (Å²) < 4.78 is 14.2. The zero-order chi connectivity index (χ0) is 29.5. The van der Waals surface area contributed by atoms with E-state index in [0.717, 1.165) is 94.6 Å². The van der Waals surface area contributed by atoms with Crippen molar-refractivity contribution in [2.45, 2.75) is 63.8 Å². The summed E-state index contributed by atoms with van der Waals surface area (Å²) in [6.07, 6.45) is 8.93. The molecule has 0 unspecified atom stereocenters. The van der Waals surface area contributed by atoms with Crippen molar-refractivity contribution in [3.8, 4) is 0 Å². The van der Waals surface area contributed by atoms with E-state index < -0.39 is 12.0 Å². The van der Waals surface area contributed by atoms with Gasteiger partial charge in [0.2, 0.25) is 0 Å². The molecule has 0 amide bonds. The van der Waals surface area contributed by atoms with Gasteiger partial charge >= 0.3 is 5.97 Å². The summed E-state index contributed by atoms with van der Waals surface area (Å²) in [6, 6.07) is 16.9. The molecule has 0 aromatic heterocycles. The number of nitrogens with zero attached hydrogens (tertiary/aromatic N) is 3. The van der Waals surface area contributed by atoms with Crippen LogP contribution in [0, 0.1) is 23.6 Å². The molecule has 5 rings (SSSR count). The number of rotatable bonds is 13. The molecule has 2 aliphatic heterocycles. The Morgan fingerprint density at radius 2 is 1.86 bits per heavy atom. The van der Waals surface area contributed by atoms with Crippen molar-refractivity contribution in [1.82, 2.24) is 9.80 Å². The molecule has 0 spiro atoms. The molecule has 3 N–H and O–H groups in total. The van der Waals surface area contributed by atoms with Crippen LogP contribution in [0.15, 0.2) is 71.4 Å². The van der Waals surface area contributed by atoms with Crippen LogP contribution in [0.4, 0.5) is 4.39 Å². The first kappa shape index (κ1) is 30.4. The summed E-state index contributed by atoms with van der Waals surface area (Å²) in [5.74, 6) is 0.380. The summed E-state index contributed by atoms with van der Waals surface area (Å²) in [6.45, 7) is 7.09. The average Bonchev–Trinajstić information content (AvgIpc) is 3.73. The Morgan fingerprint density at radius 3 is 2.52 bits per heavy atom. The van der Waals surface area contributed by atoms with E-state index in [4.69, 9.17) is 10.7 Å². The van der Waals surface area contributed by atoms with Gasteiger partial charge in [-0.15, -0.1) is 0 Å². The number of hydrogen-bond acceptors (Lipinski definition) is 5. The molecule has 2 saturated heterocycles. The summed E-state index contributed by atoms with van der Waals surface area (Å²) in [7, 11) is 0. The van der Waals surface area contributed by atoms with Crippen LogP contribution < -0.4 is 5.73 Å². The molecule has 1 saturated carbocycles. The highest BCUT2D eigenvalue weighted by Crippen LogP contribution is 2.39. The number of carboxylic acid groups (broad SMARTS) is 1. The number of carbonyl (C=O) groups is 1. The molecule has 226 valence electrons. The SMILES string of the molecule is CCN=C(C=C(N)CCc1ccccc1)C1CCN(C[C@H]2CN([C@H](CC3CC3)C(=O)O)C[C@@H]2c2cccc(F)c2)CC1. The van der Waals surface area contributed by atoms with Crippen molar-refractivity contribution in [2.75, 3.05) is 39.3 Å². The number of aliphatic imine (C=N–C) groups is 1. The molecule has 3 atom stereocenters. The van der Waals surface area contributed by atoms with E-state index in [0.29, 0.717) is 18.4 Å². The second-order valence-electron chi connectivity index (χ2n) is 12.6. The van der Waals surface area contributed by atoms with Gasteiger partial charge in [-0.25, -0.2) is 4.39 Å². The van der Waals surface area contributed by atoms with E-state index in [1.54, 1.807) is 12.1 Å². The smallest absolute Gasteiger partial charge is 0.320 e. The van der Waals surface area contributed by atoms with Crippen LogP contribution >= 0.6 is 0 Å². The Kier molecular flexibility index (Phi) is 10.5. The predicted octanol–water partition coefficient (Wildman–Crippen LogP) is 5.74. The molecule has 42 heavy (non-hydrogen) atoms. The fourth-order valence-electron chi connectivity index (χ4n) is 6.95. The Morgan fingerprint density at radius 1 is 1.10 bits per heavy atom. The van der Waals surface area contributed by atoms with Gasteiger partial charge in [-0.2, -0.15) is 0 Å². The molecule has 2 aromatic rings. The number of benzene rings is 2. The van der Waals surface area contributed by atoms with Crippen LogP contribution in [-0.2, 0) is 11.2 Å². The van der Waals surface area contributed by atoms with E-state index in [-0.39, 0.29) is 17.7 Å². The number of hydrogen-bond donors (Lipinski definition) is 2. The first-order chi connectivity index (χ1) is 20.4. The molecular formula is C35H47FN4O2. The molecular weight excluding hydrogens is 527 g/mol. The fourth-order valence-corrected chi connectivity index (χ4v) is 6.95. The van der Waals surface area contributed by atoms with Gasteiger partial charge in [-0.1, -0.05) is 55.3 Å². The summed E-state index contributed by atoms with van der Waals surface area (Å²) in [5.41, 5.74) is 10.8. The molecule has 2 heterocycles. The minimum absolute atomic E-state index is 0.129. The minimum Gasteiger partial charge on any atom is -0.480 e. The Balaban J connectivity index is 1.21. The first-order valence-corrected chi connectivity index (χ1v) is 15.9. The summed E-state index contributed by atoms with van der Waals surface area (Å²) in [4.78, 5) is 21.8. The van der Waals surface area contributed by atoms with Gasteiger partial charge < -0.3 is 15.7 Å². The third-order valence-electron chi connectivity index (χ3n) is 9.44. The Labute approximate surface area is 250 Å². The number of piperidine rings is 1. The van der Waals surface area contributed by atoms with E-state index in [9.17, 15) is 14.3 Å². The largest absolute Gasteiger partial charge is 0.480 e. The van der Waals surface area contributed by atoms with Crippen molar-refractivity contribution in [2.24, 2.45) is 28.5 Å². The van der Waals surface area contributed by atoms with Gasteiger partial charge in [0.15, 0.2) is 0 Å². The van der Waals surface area contributed by atoms with Gasteiger partial charge in [0, 0.05) is 49.4 Å². The minimum atomic E-state index is -0.722.